The second kappa shape index (κ2) is 5.69. The van der Waals surface area contributed by atoms with Gasteiger partial charge in [0, 0.05) is 6.42 Å². The fourth-order valence-electron chi connectivity index (χ4n) is 2.15. The molecule has 3 N–H and O–H groups in total. The van der Waals surface area contributed by atoms with Crippen LogP contribution in [0.15, 0.2) is 29.1 Å². The van der Waals surface area contributed by atoms with Gasteiger partial charge in [-0.1, -0.05) is 43.2 Å². The van der Waals surface area contributed by atoms with Crippen LogP contribution in [-0.2, 0) is 12.8 Å². The Bertz CT molecular complexity index is 632. The van der Waals surface area contributed by atoms with Crippen molar-refractivity contribution in [3.8, 4) is 0 Å². The minimum atomic E-state index is -0.114. The molecule has 1 aromatic heterocycles. The van der Waals surface area contributed by atoms with Crippen molar-refractivity contribution in [3.05, 3.63) is 57.1 Å². The second-order valence-electron chi connectivity index (χ2n) is 4.79. The van der Waals surface area contributed by atoms with E-state index in [9.17, 15) is 4.79 Å². The van der Waals surface area contributed by atoms with E-state index in [4.69, 9.17) is 5.73 Å². The predicted molar refractivity (Wildman–Crippen MR) is 77.3 cm³/mol. The van der Waals surface area contributed by atoms with Crippen molar-refractivity contribution in [1.29, 1.82) is 0 Å². The van der Waals surface area contributed by atoms with Crippen LogP contribution < -0.4 is 11.3 Å². The van der Waals surface area contributed by atoms with E-state index in [0.717, 1.165) is 12.0 Å². The molecule has 1 heterocycles. The van der Waals surface area contributed by atoms with Crippen molar-refractivity contribution in [2.24, 2.45) is 0 Å². The van der Waals surface area contributed by atoms with Gasteiger partial charge in [0.15, 0.2) is 0 Å². The summed E-state index contributed by atoms with van der Waals surface area (Å²) in [6.07, 6.45) is 2.14. The first kappa shape index (κ1) is 13.3. The lowest BCUT2D eigenvalue weighted by Crippen LogP contribution is -2.19. The number of H-pyrrole nitrogens is 1. The van der Waals surface area contributed by atoms with E-state index in [2.05, 4.69) is 16.0 Å². The molecule has 0 spiro atoms. The summed E-state index contributed by atoms with van der Waals surface area (Å²) in [6, 6.07) is 8.13. The van der Waals surface area contributed by atoms with Crippen LogP contribution in [0, 0.1) is 6.92 Å². The fraction of sp³-hybridized carbons (Fsp3) is 0.333. The Labute approximate surface area is 112 Å². The van der Waals surface area contributed by atoms with Crippen molar-refractivity contribution < 1.29 is 0 Å². The Morgan fingerprint density at radius 3 is 2.79 bits per heavy atom. The van der Waals surface area contributed by atoms with Crippen molar-refractivity contribution in [2.45, 2.75) is 33.1 Å². The molecule has 100 valence electrons. The molecule has 0 fully saturated rings. The van der Waals surface area contributed by atoms with Crippen molar-refractivity contribution in [3.63, 3.8) is 0 Å². The van der Waals surface area contributed by atoms with Gasteiger partial charge in [0.1, 0.15) is 11.6 Å². The van der Waals surface area contributed by atoms with Gasteiger partial charge in [-0.3, -0.25) is 4.79 Å². The maximum atomic E-state index is 11.9. The average molecular weight is 257 g/mol. The number of hydrogen-bond acceptors (Lipinski definition) is 3. The number of nitrogens with one attached hydrogen (secondary N) is 1. The Hall–Kier alpha value is -2.10. The van der Waals surface area contributed by atoms with E-state index in [1.807, 2.05) is 32.0 Å². The lowest BCUT2D eigenvalue weighted by Gasteiger charge is -2.06. The van der Waals surface area contributed by atoms with Crippen LogP contribution in [0.25, 0.3) is 0 Å². The zero-order valence-electron chi connectivity index (χ0n) is 11.4. The van der Waals surface area contributed by atoms with Gasteiger partial charge < -0.3 is 10.7 Å². The highest BCUT2D eigenvalue weighted by Crippen LogP contribution is 2.10. The third kappa shape index (κ3) is 3.22. The monoisotopic (exact) mass is 257 g/mol. The summed E-state index contributed by atoms with van der Waals surface area (Å²) in [4.78, 5) is 19.1. The fourth-order valence-corrected chi connectivity index (χ4v) is 2.15. The number of rotatable bonds is 4. The quantitative estimate of drug-likeness (QED) is 0.882. The first-order valence-corrected chi connectivity index (χ1v) is 6.53. The topological polar surface area (TPSA) is 71.8 Å². The third-order valence-corrected chi connectivity index (χ3v) is 3.05. The summed E-state index contributed by atoms with van der Waals surface area (Å²) < 4.78 is 0. The summed E-state index contributed by atoms with van der Waals surface area (Å²) in [5, 5.41) is 0. The van der Waals surface area contributed by atoms with Gasteiger partial charge in [0.2, 0.25) is 0 Å². The van der Waals surface area contributed by atoms with E-state index in [1.165, 1.54) is 5.56 Å². The van der Waals surface area contributed by atoms with Crippen LogP contribution >= 0.6 is 0 Å². The molecule has 4 heteroatoms. The molecular formula is C15H19N3O. The minimum absolute atomic E-state index is 0.114. The van der Waals surface area contributed by atoms with Crippen molar-refractivity contribution in [2.75, 3.05) is 5.73 Å². The van der Waals surface area contributed by atoms with E-state index in [0.29, 0.717) is 30.0 Å². The number of nitrogens with zero attached hydrogens (tertiary/aromatic N) is 1. The molecule has 0 saturated carbocycles. The molecule has 0 aliphatic carbocycles. The lowest BCUT2D eigenvalue weighted by atomic mass is 10.1. The predicted octanol–water partition coefficient (Wildman–Crippen LogP) is 2.20. The smallest absolute Gasteiger partial charge is 0.256 e. The molecule has 0 aliphatic rings. The summed E-state index contributed by atoms with van der Waals surface area (Å²) >= 11 is 0. The molecule has 1 aromatic carbocycles. The van der Waals surface area contributed by atoms with E-state index < -0.39 is 0 Å². The average Bonchev–Trinajstić information content (AvgIpc) is 2.34. The highest BCUT2D eigenvalue weighted by Gasteiger charge is 2.08. The van der Waals surface area contributed by atoms with Crippen LogP contribution in [0.2, 0.25) is 0 Å². The SMILES string of the molecule is CCCc1c(N)nc(Cc2cccc(C)c2)[nH]c1=O. The zero-order valence-corrected chi connectivity index (χ0v) is 11.4. The molecule has 2 aromatic rings. The first-order valence-electron chi connectivity index (χ1n) is 6.53. The second-order valence-corrected chi connectivity index (χ2v) is 4.79. The van der Waals surface area contributed by atoms with Gasteiger partial charge in [0.25, 0.3) is 5.56 Å². The Balaban J connectivity index is 2.29. The van der Waals surface area contributed by atoms with Crippen LogP contribution in [0.3, 0.4) is 0 Å². The minimum Gasteiger partial charge on any atom is -0.383 e. The number of hydrogen-bond donors (Lipinski definition) is 2. The first-order chi connectivity index (χ1) is 9.10. The van der Waals surface area contributed by atoms with Gasteiger partial charge >= 0.3 is 0 Å². The number of aromatic nitrogens is 2. The van der Waals surface area contributed by atoms with Crippen LogP contribution in [0.4, 0.5) is 5.82 Å². The van der Waals surface area contributed by atoms with E-state index >= 15 is 0 Å². The number of nitrogen functional groups attached to an aromatic ring is 1. The molecule has 2 rings (SSSR count). The summed E-state index contributed by atoms with van der Waals surface area (Å²) in [6.45, 7) is 4.05. The highest BCUT2D eigenvalue weighted by molar-refractivity contribution is 5.38. The number of anilines is 1. The molecule has 0 aliphatic heterocycles. The number of nitrogens with two attached hydrogens (primary N) is 1. The maximum absolute atomic E-state index is 11.9. The number of aryl methyl sites for hydroxylation is 1. The normalized spacial score (nSPS) is 10.6. The van der Waals surface area contributed by atoms with Crippen LogP contribution in [0.1, 0.15) is 35.9 Å². The highest BCUT2D eigenvalue weighted by atomic mass is 16.1. The van der Waals surface area contributed by atoms with Crippen LogP contribution in [-0.4, -0.2) is 9.97 Å². The van der Waals surface area contributed by atoms with Crippen molar-refractivity contribution >= 4 is 5.82 Å². The zero-order chi connectivity index (χ0) is 13.8. The largest absolute Gasteiger partial charge is 0.383 e. The molecule has 0 saturated heterocycles. The van der Waals surface area contributed by atoms with Gasteiger partial charge in [-0.25, -0.2) is 4.98 Å². The van der Waals surface area contributed by atoms with E-state index in [1.54, 1.807) is 0 Å². The number of aromatic amines is 1. The Kier molecular flexibility index (Phi) is 4.00. The van der Waals surface area contributed by atoms with Gasteiger partial charge in [-0.15, -0.1) is 0 Å². The van der Waals surface area contributed by atoms with Crippen molar-refractivity contribution in [1.82, 2.24) is 9.97 Å². The molecule has 0 atom stereocenters. The summed E-state index contributed by atoms with van der Waals surface area (Å²) in [5.74, 6) is 0.973. The molecule has 0 bridgehead atoms. The molecule has 0 amide bonds. The molecular weight excluding hydrogens is 238 g/mol. The molecule has 4 nitrogen and oxygen atoms in total. The Morgan fingerprint density at radius 1 is 1.37 bits per heavy atom. The standard InChI is InChI=1S/C15H19N3O/c1-3-5-12-14(16)17-13(18-15(12)19)9-11-7-4-6-10(2)8-11/h4,6-8H,3,5,9H2,1-2H3,(H3,16,17,18,19). The molecule has 0 unspecified atom stereocenters. The van der Waals surface area contributed by atoms with Gasteiger partial charge in [-0.2, -0.15) is 0 Å². The number of benzene rings is 1. The molecule has 19 heavy (non-hydrogen) atoms. The third-order valence-electron chi connectivity index (χ3n) is 3.05. The van der Waals surface area contributed by atoms with Gasteiger partial charge in [0.05, 0.1) is 5.56 Å². The summed E-state index contributed by atoms with van der Waals surface area (Å²) in [7, 11) is 0. The van der Waals surface area contributed by atoms with Gasteiger partial charge in [-0.05, 0) is 18.9 Å². The summed E-state index contributed by atoms with van der Waals surface area (Å²) in [5.41, 5.74) is 8.65. The van der Waals surface area contributed by atoms with Crippen LogP contribution in [0.5, 0.6) is 0 Å². The lowest BCUT2D eigenvalue weighted by molar-refractivity contribution is 0.862. The molecule has 0 radical (unpaired) electrons. The maximum Gasteiger partial charge on any atom is 0.256 e. The Morgan fingerprint density at radius 2 is 2.16 bits per heavy atom. The van der Waals surface area contributed by atoms with E-state index in [-0.39, 0.29) is 5.56 Å².